The predicted molar refractivity (Wildman–Crippen MR) is 107 cm³/mol. The molecule has 2 heterocycles. The summed E-state index contributed by atoms with van der Waals surface area (Å²) < 4.78 is 11.7. The summed E-state index contributed by atoms with van der Waals surface area (Å²) in [6.07, 6.45) is 3.72. The number of benzene rings is 2. The molecule has 0 aliphatic heterocycles. The highest BCUT2D eigenvalue weighted by atomic mass is 35.5. The molecule has 4 nitrogen and oxygen atoms in total. The van der Waals surface area contributed by atoms with Crippen LogP contribution in [-0.4, -0.2) is 10.1 Å². The highest BCUT2D eigenvalue weighted by Crippen LogP contribution is 2.37. The molecular weight excluding hydrogens is 360 g/mol. The first-order chi connectivity index (χ1) is 13.1. The summed E-state index contributed by atoms with van der Waals surface area (Å²) in [5.74, 6) is 1.47. The number of hydrogen-bond donors (Lipinski definition) is 1. The smallest absolute Gasteiger partial charge is 0.175 e. The summed E-state index contributed by atoms with van der Waals surface area (Å²) in [5.41, 5.74) is 5.58. The van der Waals surface area contributed by atoms with Gasteiger partial charge in [-0.1, -0.05) is 46.6 Å². The maximum absolute atomic E-state index is 6.48. The number of nitrogens with zero attached hydrogens (tertiary/aromatic N) is 1. The van der Waals surface area contributed by atoms with Crippen LogP contribution in [0.4, 0.5) is 0 Å². The van der Waals surface area contributed by atoms with Crippen LogP contribution in [0.3, 0.4) is 0 Å². The molecule has 0 bridgehead atoms. The van der Waals surface area contributed by atoms with Gasteiger partial charge in [-0.15, -0.1) is 0 Å². The number of nitrogens with one attached hydrogen (secondary N) is 1. The van der Waals surface area contributed by atoms with Crippen molar-refractivity contribution in [3.05, 3.63) is 82.6 Å². The van der Waals surface area contributed by atoms with Gasteiger partial charge in [0, 0.05) is 23.5 Å². The van der Waals surface area contributed by atoms with Gasteiger partial charge in [0.2, 0.25) is 0 Å². The molecule has 0 saturated carbocycles. The molecule has 0 saturated heterocycles. The fourth-order valence-corrected chi connectivity index (χ4v) is 3.36. The molecule has 0 radical (unpaired) electrons. The second-order valence-electron chi connectivity index (χ2n) is 6.47. The summed E-state index contributed by atoms with van der Waals surface area (Å²) in [5, 5.41) is 4.98. The molecule has 1 N–H and O–H groups in total. The van der Waals surface area contributed by atoms with Crippen molar-refractivity contribution in [2.24, 2.45) is 0 Å². The molecule has 27 heavy (non-hydrogen) atoms. The summed E-state index contributed by atoms with van der Waals surface area (Å²) in [6, 6.07) is 15.7. The predicted octanol–water partition coefficient (Wildman–Crippen LogP) is 6.19. The number of aromatic nitrogens is 2. The van der Waals surface area contributed by atoms with Gasteiger partial charge >= 0.3 is 0 Å². The van der Waals surface area contributed by atoms with Crippen LogP contribution in [0.25, 0.3) is 22.6 Å². The summed E-state index contributed by atoms with van der Waals surface area (Å²) in [6.45, 7) is 4.38. The van der Waals surface area contributed by atoms with E-state index in [1.807, 2.05) is 74.8 Å². The van der Waals surface area contributed by atoms with E-state index in [2.05, 4.69) is 10.1 Å². The molecule has 4 rings (SSSR count). The zero-order chi connectivity index (χ0) is 18.8. The van der Waals surface area contributed by atoms with Crippen molar-refractivity contribution in [3.63, 3.8) is 0 Å². The Bertz CT molecular complexity index is 1030. The Kier molecular flexibility index (Phi) is 4.73. The van der Waals surface area contributed by atoms with E-state index < -0.39 is 0 Å². The lowest BCUT2D eigenvalue weighted by Crippen LogP contribution is -1.99. The Morgan fingerprint density at radius 3 is 2.59 bits per heavy atom. The number of ether oxygens (including phenoxy) is 1. The molecule has 0 aliphatic carbocycles. The molecule has 2 aromatic carbocycles. The Labute approximate surface area is 162 Å². The molecule has 0 fully saturated rings. The van der Waals surface area contributed by atoms with Crippen molar-refractivity contribution in [3.8, 4) is 28.3 Å². The minimum Gasteiger partial charge on any atom is -0.489 e. The highest BCUT2D eigenvalue weighted by Gasteiger charge is 2.22. The maximum Gasteiger partial charge on any atom is 0.175 e. The van der Waals surface area contributed by atoms with E-state index in [4.69, 9.17) is 20.9 Å². The normalized spacial score (nSPS) is 10.9. The van der Waals surface area contributed by atoms with Crippen LogP contribution in [0.5, 0.6) is 5.75 Å². The molecular formula is C22H19ClN2O2. The molecule has 0 spiro atoms. The number of aromatic amines is 1. The number of hydrogen-bond acceptors (Lipinski definition) is 3. The first kappa shape index (κ1) is 17.4. The zero-order valence-electron chi connectivity index (χ0n) is 15.1. The van der Waals surface area contributed by atoms with Crippen molar-refractivity contribution < 1.29 is 9.26 Å². The Morgan fingerprint density at radius 1 is 1.07 bits per heavy atom. The van der Waals surface area contributed by atoms with Gasteiger partial charge < -0.3 is 14.2 Å². The van der Waals surface area contributed by atoms with Crippen LogP contribution >= 0.6 is 11.6 Å². The van der Waals surface area contributed by atoms with Gasteiger partial charge in [-0.25, -0.2) is 0 Å². The van der Waals surface area contributed by atoms with Gasteiger partial charge in [0.1, 0.15) is 18.1 Å². The molecule has 136 valence electrons. The SMILES string of the molecule is Cc1ccc(OCc2c(-c3c(C)cccc3Cl)noc2-c2cc[nH]c2)cc1. The van der Waals surface area contributed by atoms with Crippen LogP contribution < -0.4 is 4.74 Å². The molecule has 4 aromatic rings. The van der Waals surface area contributed by atoms with Gasteiger partial charge in [-0.2, -0.15) is 0 Å². The fourth-order valence-electron chi connectivity index (χ4n) is 3.05. The van der Waals surface area contributed by atoms with E-state index in [1.165, 1.54) is 5.56 Å². The van der Waals surface area contributed by atoms with Crippen LogP contribution in [0.1, 0.15) is 16.7 Å². The lowest BCUT2D eigenvalue weighted by molar-refractivity contribution is 0.306. The number of halogens is 1. The third kappa shape index (κ3) is 3.49. The number of aryl methyl sites for hydroxylation is 2. The minimum absolute atomic E-state index is 0.326. The van der Waals surface area contributed by atoms with E-state index in [9.17, 15) is 0 Å². The fraction of sp³-hybridized carbons (Fsp3) is 0.136. The van der Waals surface area contributed by atoms with Gasteiger partial charge in [0.25, 0.3) is 0 Å². The molecule has 0 atom stereocenters. The van der Waals surface area contributed by atoms with E-state index in [0.717, 1.165) is 28.0 Å². The monoisotopic (exact) mass is 378 g/mol. The van der Waals surface area contributed by atoms with E-state index >= 15 is 0 Å². The number of H-pyrrole nitrogens is 1. The second-order valence-corrected chi connectivity index (χ2v) is 6.88. The Hall–Kier alpha value is -2.98. The van der Waals surface area contributed by atoms with Crippen molar-refractivity contribution in [2.45, 2.75) is 20.5 Å². The lowest BCUT2D eigenvalue weighted by atomic mass is 10.0. The van der Waals surface area contributed by atoms with Gasteiger partial charge in [-0.05, 0) is 43.7 Å². The van der Waals surface area contributed by atoms with Gasteiger partial charge in [0.15, 0.2) is 5.76 Å². The maximum atomic E-state index is 6.48. The molecule has 0 amide bonds. The van der Waals surface area contributed by atoms with E-state index in [-0.39, 0.29) is 0 Å². The topological polar surface area (TPSA) is 51.1 Å². The van der Waals surface area contributed by atoms with Crippen molar-refractivity contribution in [1.82, 2.24) is 10.1 Å². The van der Waals surface area contributed by atoms with Crippen molar-refractivity contribution in [1.29, 1.82) is 0 Å². The third-order valence-corrected chi connectivity index (χ3v) is 4.83. The highest BCUT2D eigenvalue weighted by molar-refractivity contribution is 6.33. The lowest BCUT2D eigenvalue weighted by Gasteiger charge is -2.10. The first-order valence-corrected chi connectivity index (χ1v) is 9.08. The largest absolute Gasteiger partial charge is 0.489 e. The van der Waals surface area contributed by atoms with Crippen molar-refractivity contribution in [2.75, 3.05) is 0 Å². The summed E-state index contributed by atoms with van der Waals surface area (Å²) >= 11 is 6.48. The van der Waals surface area contributed by atoms with Gasteiger partial charge in [-0.3, -0.25) is 0 Å². The Balaban J connectivity index is 1.77. The molecule has 0 aliphatic rings. The standard InChI is InChI=1S/C22H19ClN2O2/c1-14-6-8-17(9-7-14)26-13-18-21(20-15(2)4-3-5-19(20)23)25-27-22(18)16-10-11-24-12-16/h3-12,24H,13H2,1-2H3. The average molecular weight is 379 g/mol. The first-order valence-electron chi connectivity index (χ1n) is 8.70. The van der Waals surface area contributed by atoms with E-state index in [1.54, 1.807) is 0 Å². The van der Waals surface area contributed by atoms with Crippen molar-refractivity contribution >= 4 is 11.6 Å². The summed E-state index contributed by atoms with van der Waals surface area (Å²) in [7, 11) is 0. The zero-order valence-corrected chi connectivity index (χ0v) is 15.9. The van der Waals surface area contributed by atoms with Gasteiger partial charge in [0.05, 0.1) is 10.6 Å². The van der Waals surface area contributed by atoms with E-state index in [0.29, 0.717) is 23.1 Å². The quantitative estimate of drug-likeness (QED) is 0.450. The van der Waals surface area contributed by atoms with Crippen LogP contribution in [0, 0.1) is 13.8 Å². The summed E-state index contributed by atoms with van der Waals surface area (Å²) in [4.78, 5) is 3.05. The molecule has 5 heteroatoms. The average Bonchev–Trinajstić information content (AvgIpc) is 3.31. The van der Waals surface area contributed by atoms with Crippen LogP contribution in [-0.2, 0) is 6.61 Å². The van der Waals surface area contributed by atoms with Crippen LogP contribution in [0.2, 0.25) is 5.02 Å². The van der Waals surface area contributed by atoms with Crippen LogP contribution in [0.15, 0.2) is 65.4 Å². The molecule has 0 unspecified atom stereocenters. The Morgan fingerprint density at radius 2 is 1.89 bits per heavy atom. The third-order valence-electron chi connectivity index (χ3n) is 4.51. The molecule has 2 aromatic heterocycles. The second kappa shape index (κ2) is 7.33. The minimum atomic E-state index is 0.326. The number of rotatable bonds is 5.